The maximum absolute atomic E-state index is 10.9. The number of rotatable bonds is 4. The van der Waals surface area contributed by atoms with Crippen LogP contribution in [0.4, 0.5) is 5.69 Å². The standard InChI is InChI=1S/C14H19NO2S/c1-9-7-10(4-6-13(9)14(16)17)15-11-3-5-12(8-11)18-2/h4,6-7,11-12,15H,3,5,8H2,1-2H3,(H,16,17). The lowest BCUT2D eigenvalue weighted by atomic mass is 10.1. The molecule has 1 fully saturated rings. The Kier molecular flexibility index (Phi) is 4.17. The van der Waals surface area contributed by atoms with E-state index in [1.54, 1.807) is 6.07 Å². The first kappa shape index (κ1) is 13.3. The molecular formula is C14H19NO2S. The third kappa shape index (κ3) is 2.99. The minimum atomic E-state index is -0.859. The number of benzene rings is 1. The molecule has 0 aromatic heterocycles. The second-order valence-corrected chi connectivity index (χ2v) is 5.98. The molecule has 18 heavy (non-hydrogen) atoms. The van der Waals surface area contributed by atoms with Crippen molar-refractivity contribution >= 4 is 23.4 Å². The Hall–Kier alpha value is -1.16. The molecule has 0 bridgehead atoms. The van der Waals surface area contributed by atoms with Gasteiger partial charge < -0.3 is 10.4 Å². The van der Waals surface area contributed by atoms with Gasteiger partial charge in [-0.25, -0.2) is 4.79 Å². The Labute approximate surface area is 112 Å². The fraction of sp³-hybridized carbons (Fsp3) is 0.500. The Bertz CT molecular complexity index is 447. The summed E-state index contributed by atoms with van der Waals surface area (Å²) in [7, 11) is 0. The Morgan fingerprint density at radius 1 is 1.44 bits per heavy atom. The van der Waals surface area contributed by atoms with Gasteiger partial charge in [0.15, 0.2) is 0 Å². The minimum Gasteiger partial charge on any atom is -0.478 e. The largest absolute Gasteiger partial charge is 0.478 e. The first-order chi connectivity index (χ1) is 8.60. The van der Waals surface area contributed by atoms with Crippen molar-refractivity contribution in [2.24, 2.45) is 0 Å². The number of aryl methyl sites for hydroxylation is 1. The highest BCUT2D eigenvalue weighted by Crippen LogP contribution is 2.30. The molecule has 1 aliphatic rings. The summed E-state index contributed by atoms with van der Waals surface area (Å²) in [5.41, 5.74) is 2.23. The molecule has 1 aliphatic carbocycles. The van der Waals surface area contributed by atoms with Crippen LogP contribution in [-0.4, -0.2) is 28.6 Å². The summed E-state index contributed by atoms with van der Waals surface area (Å²) < 4.78 is 0. The zero-order valence-electron chi connectivity index (χ0n) is 10.8. The topological polar surface area (TPSA) is 49.3 Å². The van der Waals surface area contributed by atoms with Crippen molar-refractivity contribution in [1.82, 2.24) is 0 Å². The number of aromatic carboxylic acids is 1. The minimum absolute atomic E-state index is 0.383. The van der Waals surface area contributed by atoms with Gasteiger partial charge in [0.05, 0.1) is 5.56 Å². The smallest absolute Gasteiger partial charge is 0.335 e. The molecule has 1 saturated carbocycles. The van der Waals surface area contributed by atoms with Crippen LogP contribution < -0.4 is 5.32 Å². The summed E-state index contributed by atoms with van der Waals surface area (Å²) in [4.78, 5) is 10.9. The van der Waals surface area contributed by atoms with E-state index < -0.39 is 5.97 Å². The molecule has 3 nitrogen and oxygen atoms in total. The fourth-order valence-corrected chi connectivity index (χ4v) is 3.31. The second-order valence-electron chi connectivity index (χ2n) is 4.85. The van der Waals surface area contributed by atoms with Gasteiger partial charge in [-0.2, -0.15) is 11.8 Å². The predicted octanol–water partition coefficient (Wildman–Crippen LogP) is 3.39. The molecule has 2 unspecified atom stereocenters. The van der Waals surface area contributed by atoms with Gasteiger partial charge in [-0.05, 0) is 56.2 Å². The third-order valence-corrected chi connectivity index (χ3v) is 4.64. The van der Waals surface area contributed by atoms with Gasteiger partial charge in [0.25, 0.3) is 0 Å². The molecule has 0 saturated heterocycles. The summed E-state index contributed by atoms with van der Waals surface area (Å²) in [5.74, 6) is -0.859. The van der Waals surface area contributed by atoms with Crippen molar-refractivity contribution in [3.05, 3.63) is 29.3 Å². The zero-order chi connectivity index (χ0) is 13.1. The van der Waals surface area contributed by atoms with Crippen LogP contribution >= 0.6 is 11.8 Å². The van der Waals surface area contributed by atoms with Crippen LogP contribution in [0, 0.1) is 6.92 Å². The van der Waals surface area contributed by atoms with Crippen LogP contribution in [0.15, 0.2) is 18.2 Å². The summed E-state index contributed by atoms with van der Waals surface area (Å²) in [5, 5.41) is 13.3. The second kappa shape index (κ2) is 5.65. The van der Waals surface area contributed by atoms with Crippen LogP contribution in [-0.2, 0) is 0 Å². The molecule has 0 radical (unpaired) electrons. The van der Waals surface area contributed by atoms with Gasteiger partial charge >= 0.3 is 5.97 Å². The van der Waals surface area contributed by atoms with Gasteiger partial charge in [-0.1, -0.05) is 0 Å². The summed E-state index contributed by atoms with van der Waals surface area (Å²) >= 11 is 1.94. The number of carbonyl (C=O) groups is 1. The van der Waals surface area contributed by atoms with Crippen molar-refractivity contribution in [1.29, 1.82) is 0 Å². The number of thioether (sulfide) groups is 1. The molecule has 1 aromatic carbocycles. The van der Waals surface area contributed by atoms with E-state index in [4.69, 9.17) is 5.11 Å². The summed E-state index contributed by atoms with van der Waals surface area (Å²) in [6.45, 7) is 1.84. The number of carboxylic acid groups (broad SMARTS) is 1. The SMILES string of the molecule is CSC1CCC(Nc2ccc(C(=O)O)c(C)c2)C1. The van der Waals surface area contributed by atoms with Crippen LogP contribution in [0.25, 0.3) is 0 Å². The van der Waals surface area contributed by atoms with Crippen molar-refractivity contribution < 1.29 is 9.90 Å². The summed E-state index contributed by atoms with van der Waals surface area (Å²) in [6, 6.07) is 6.00. The highest BCUT2D eigenvalue weighted by Gasteiger charge is 2.23. The predicted molar refractivity (Wildman–Crippen MR) is 76.7 cm³/mol. The highest BCUT2D eigenvalue weighted by molar-refractivity contribution is 7.99. The molecule has 4 heteroatoms. The van der Waals surface area contributed by atoms with Gasteiger partial charge in [0.1, 0.15) is 0 Å². The van der Waals surface area contributed by atoms with Crippen LogP contribution in [0.1, 0.15) is 35.2 Å². The van der Waals surface area contributed by atoms with E-state index in [0.717, 1.165) is 16.5 Å². The molecule has 0 heterocycles. The van der Waals surface area contributed by atoms with E-state index in [0.29, 0.717) is 11.6 Å². The summed E-state index contributed by atoms with van der Waals surface area (Å²) in [6.07, 6.45) is 5.83. The molecule has 1 aromatic rings. The van der Waals surface area contributed by atoms with E-state index in [2.05, 4.69) is 11.6 Å². The lowest BCUT2D eigenvalue weighted by Gasteiger charge is -2.15. The molecule has 2 N–H and O–H groups in total. The number of anilines is 1. The zero-order valence-corrected chi connectivity index (χ0v) is 11.6. The molecule has 2 rings (SSSR count). The van der Waals surface area contributed by atoms with Gasteiger partial charge in [0, 0.05) is 17.0 Å². The van der Waals surface area contributed by atoms with Crippen LogP contribution in [0.5, 0.6) is 0 Å². The van der Waals surface area contributed by atoms with Gasteiger partial charge in [0.2, 0.25) is 0 Å². The van der Waals surface area contributed by atoms with E-state index in [9.17, 15) is 4.79 Å². The first-order valence-corrected chi connectivity index (χ1v) is 7.52. The molecule has 0 amide bonds. The highest BCUT2D eigenvalue weighted by atomic mass is 32.2. The fourth-order valence-electron chi connectivity index (χ4n) is 2.51. The molecule has 0 aliphatic heterocycles. The van der Waals surface area contributed by atoms with E-state index in [1.807, 2.05) is 30.8 Å². The maximum Gasteiger partial charge on any atom is 0.335 e. The number of hydrogen-bond donors (Lipinski definition) is 2. The average Bonchev–Trinajstić information content (AvgIpc) is 2.76. The van der Waals surface area contributed by atoms with Gasteiger partial charge in [-0.15, -0.1) is 0 Å². The Morgan fingerprint density at radius 2 is 2.22 bits per heavy atom. The third-order valence-electron chi connectivity index (χ3n) is 3.55. The van der Waals surface area contributed by atoms with E-state index >= 15 is 0 Å². The molecule has 2 atom stereocenters. The molecule has 98 valence electrons. The van der Waals surface area contributed by atoms with E-state index in [-0.39, 0.29) is 0 Å². The van der Waals surface area contributed by atoms with Crippen molar-refractivity contribution in [3.63, 3.8) is 0 Å². The average molecular weight is 265 g/mol. The molecular weight excluding hydrogens is 246 g/mol. The molecule has 0 spiro atoms. The van der Waals surface area contributed by atoms with Crippen molar-refractivity contribution in [2.75, 3.05) is 11.6 Å². The van der Waals surface area contributed by atoms with Crippen LogP contribution in [0.2, 0.25) is 0 Å². The van der Waals surface area contributed by atoms with Crippen molar-refractivity contribution in [3.8, 4) is 0 Å². The first-order valence-electron chi connectivity index (χ1n) is 6.23. The lowest BCUT2D eigenvalue weighted by molar-refractivity contribution is 0.0696. The Morgan fingerprint density at radius 3 is 2.78 bits per heavy atom. The number of nitrogens with one attached hydrogen (secondary N) is 1. The van der Waals surface area contributed by atoms with Gasteiger partial charge in [-0.3, -0.25) is 0 Å². The van der Waals surface area contributed by atoms with Crippen molar-refractivity contribution in [2.45, 2.75) is 37.5 Å². The maximum atomic E-state index is 10.9. The quantitative estimate of drug-likeness (QED) is 0.876. The lowest BCUT2D eigenvalue weighted by Crippen LogP contribution is -2.16. The monoisotopic (exact) mass is 265 g/mol. The Balaban J connectivity index is 2.02. The van der Waals surface area contributed by atoms with Crippen LogP contribution in [0.3, 0.4) is 0 Å². The number of hydrogen-bond acceptors (Lipinski definition) is 3. The number of carboxylic acids is 1. The van der Waals surface area contributed by atoms with E-state index in [1.165, 1.54) is 19.3 Å². The normalized spacial score (nSPS) is 23.0.